The van der Waals surface area contributed by atoms with Gasteiger partial charge in [-0.2, -0.15) is 0 Å². The summed E-state index contributed by atoms with van der Waals surface area (Å²) in [5.74, 6) is -2.46. The van der Waals surface area contributed by atoms with E-state index in [4.69, 9.17) is 21.1 Å². The number of hydrogen-bond acceptors (Lipinski definition) is 4. The number of rotatable bonds is 5. The van der Waals surface area contributed by atoms with Crippen molar-refractivity contribution in [2.24, 2.45) is 4.99 Å². The summed E-state index contributed by atoms with van der Waals surface area (Å²) in [6.07, 6.45) is 3.13. The Morgan fingerprint density at radius 3 is 2.58 bits per heavy atom. The zero-order valence-corrected chi connectivity index (χ0v) is 14.1. The third-order valence-electron chi connectivity index (χ3n) is 3.41. The second kappa shape index (κ2) is 7.49. The van der Waals surface area contributed by atoms with Crippen molar-refractivity contribution in [2.75, 3.05) is 6.61 Å². The summed E-state index contributed by atoms with van der Waals surface area (Å²) in [5, 5.41) is -0.111. The van der Waals surface area contributed by atoms with Crippen LogP contribution in [0.4, 0.5) is 8.78 Å². The molecule has 132 valence electrons. The van der Waals surface area contributed by atoms with Crippen LogP contribution in [0.1, 0.15) is 11.1 Å². The Kier molecular flexibility index (Phi) is 5.14. The van der Waals surface area contributed by atoms with Gasteiger partial charge in [-0.05, 0) is 35.9 Å². The number of carbonyl (C=O) groups excluding carboxylic acids is 1. The molecule has 0 amide bonds. The van der Waals surface area contributed by atoms with E-state index in [0.29, 0.717) is 17.9 Å². The van der Waals surface area contributed by atoms with Crippen LogP contribution in [0.5, 0.6) is 5.75 Å². The molecule has 4 nitrogen and oxygen atoms in total. The Bertz CT molecular complexity index is 937. The molecule has 0 aliphatic carbocycles. The van der Waals surface area contributed by atoms with E-state index in [1.165, 1.54) is 6.08 Å². The first-order chi connectivity index (χ1) is 12.5. The molecule has 2 aromatic carbocycles. The van der Waals surface area contributed by atoms with Gasteiger partial charge >= 0.3 is 5.97 Å². The molecule has 0 saturated heterocycles. The largest absolute Gasteiger partial charge is 0.490 e. The van der Waals surface area contributed by atoms with Crippen molar-refractivity contribution in [3.8, 4) is 5.75 Å². The maximum atomic E-state index is 13.4. The minimum absolute atomic E-state index is 0.00418. The van der Waals surface area contributed by atoms with Gasteiger partial charge in [-0.15, -0.1) is 0 Å². The highest BCUT2D eigenvalue weighted by atomic mass is 35.5. The minimum Gasteiger partial charge on any atom is -0.490 e. The fourth-order valence-electron chi connectivity index (χ4n) is 2.18. The van der Waals surface area contributed by atoms with Crippen molar-refractivity contribution in [3.05, 3.63) is 82.5 Å². The Labute approximate surface area is 153 Å². The third-order valence-corrected chi connectivity index (χ3v) is 3.72. The molecule has 3 rings (SSSR count). The minimum atomic E-state index is -1.12. The number of benzene rings is 2. The van der Waals surface area contributed by atoms with Gasteiger partial charge in [0.05, 0.1) is 10.6 Å². The smallest absolute Gasteiger partial charge is 0.363 e. The molecule has 0 fully saturated rings. The molecule has 0 spiro atoms. The lowest BCUT2D eigenvalue weighted by molar-refractivity contribution is -0.129. The average Bonchev–Trinajstić information content (AvgIpc) is 2.98. The summed E-state index contributed by atoms with van der Waals surface area (Å²) in [6.45, 7) is 3.95. The molecular formula is C19H12ClF2NO3. The molecule has 0 aromatic heterocycles. The molecule has 0 atom stereocenters. The first kappa shape index (κ1) is 17.8. The maximum Gasteiger partial charge on any atom is 0.363 e. The summed E-state index contributed by atoms with van der Waals surface area (Å²) in [7, 11) is 0. The van der Waals surface area contributed by atoms with Gasteiger partial charge in [-0.3, -0.25) is 0 Å². The zero-order chi connectivity index (χ0) is 18.7. The monoisotopic (exact) mass is 375 g/mol. The summed E-state index contributed by atoms with van der Waals surface area (Å²) >= 11 is 5.88. The molecule has 0 unspecified atom stereocenters. The van der Waals surface area contributed by atoms with Crippen LogP contribution in [0.3, 0.4) is 0 Å². The molecule has 1 aliphatic heterocycles. The van der Waals surface area contributed by atoms with Crippen molar-refractivity contribution < 1.29 is 23.0 Å². The highest BCUT2D eigenvalue weighted by Gasteiger charge is 2.26. The molecular weight excluding hydrogens is 364 g/mol. The summed E-state index contributed by atoms with van der Waals surface area (Å²) in [6, 6.07) is 8.55. The summed E-state index contributed by atoms with van der Waals surface area (Å²) in [4.78, 5) is 16.0. The van der Waals surface area contributed by atoms with Gasteiger partial charge in [-0.25, -0.2) is 18.6 Å². The molecule has 0 radical (unpaired) electrons. The first-order valence-electron chi connectivity index (χ1n) is 7.49. The van der Waals surface area contributed by atoms with E-state index < -0.39 is 17.6 Å². The molecule has 0 N–H and O–H groups in total. The van der Waals surface area contributed by atoms with Crippen LogP contribution in [0, 0.1) is 11.6 Å². The molecule has 7 heteroatoms. The number of aliphatic imine (C=N–C) groups is 1. The highest BCUT2D eigenvalue weighted by molar-refractivity contribution is 6.34. The zero-order valence-electron chi connectivity index (χ0n) is 13.3. The quantitative estimate of drug-likeness (QED) is 0.334. The molecule has 2 aromatic rings. The Morgan fingerprint density at radius 1 is 1.19 bits per heavy atom. The van der Waals surface area contributed by atoms with E-state index in [1.807, 2.05) is 0 Å². The van der Waals surface area contributed by atoms with Gasteiger partial charge in [-0.1, -0.05) is 36.4 Å². The van der Waals surface area contributed by atoms with E-state index in [1.54, 1.807) is 30.3 Å². The SMILES string of the molecule is C=CCOc1ccc(/C=C2\N=C(c3cc(F)c(F)cc3Cl)OC2=O)cc1. The number of carbonyl (C=O) groups is 1. The second-order valence-corrected chi connectivity index (χ2v) is 5.66. The van der Waals surface area contributed by atoms with Crippen LogP contribution in [0.15, 0.2) is 59.7 Å². The lowest BCUT2D eigenvalue weighted by atomic mass is 10.2. The van der Waals surface area contributed by atoms with E-state index in [9.17, 15) is 13.6 Å². The van der Waals surface area contributed by atoms with Crippen molar-refractivity contribution in [1.29, 1.82) is 0 Å². The number of nitrogens with zero attached hydrogens (tertiary/aromatic N) is 1. The molecule has 0 saturated carbocycles. The number of ether oxygens (including phenoxy) is 2. The van der Waals surface area contributed by atoms with Crippen LogP contribution < -0.4 is 4.74 Å². The van der Waals surface area contributed by atoms with E-state index in [2.05, 4.69) is 11.6 Å². The van der Waals surface area contributed by atoms with Crippen molar-refractivity contribution in [2.45, 2.75) is 0 Å². The topological polar surface area (TPSA) is 47.9 Å². The van der Waals surface area contributed by atoms with Crippen molar-refractivity contribution in [1.82, 2.24) is 0 Å². The van der Waals surface area contributed by atoms with Gasteiger partial charge in [0, 0.05) is 0 Å². The van der Waals surface area contributed by atoms with Crippen molar-refractivity contribution in [3.63, 3.8) is 0 Å². The predicted octanol–water partition coefficient (Wildman–Crippen LogP) is 4.53. The van der Waals surface area contributed by atoms with Gasteiger partial charge in [0.2, 0.25) is 5.90 Å². The standard InChI is InChI=1S/C19H12ClF2NO3/c1-2-7-25-12-5-3-11(4-6-12)8-17-19(24)26-18(23-17)13-9-15(21)16(22)10-14(13)20/h2-6,8-10H,1,7H2/b17-8-. The summed E-state index contributed by atoms with van der Waals surface area (Å²) < 4.78 is 37.0. The predicted molar refractivity (Wildman–Crippen MR) is 94.1 cm³/mol. The molecule has 1 aliphatic rings. The van der Waals surface area contributed by atoms with E-state index >= 15 is 0 Å². The van der Waals surface area contributed by atoms with Gasteiger partial charge in [0.1, 0.15) is 12.4 Å². The lowest BCUT2D eigenvalue weighted by Crippen LogP contribution is -2.07. The fraction of sp³-hybridized carbons (Fsp3) is 0.0526. The first-order valence-corrected chi connectivity index (χ1v) is 7.87. The Balaban J connectivity index is 1.87. The van der Waals surface area contributed by atoms with Crippen LogP contribution in [-0.4, -0.2) is 18.5 Å². The summed E-state index contributed by atoms with van der Waals surface area (Å²) in [5.41, 5.74) is 0.695. The van der Waals surface area contributed by atoms with Crippen LogP contribution in [0.25, 0.3) is 6.08 Å². The van der Waals surface area contributed by atoms with Crippen LogP contribution >= 0.6 is 11.6 Å². The molecule has 1 heterocycles. The normalized spacial score (nSPS) is 15.0. The fourth-order valence-corrected chi connectivity index (χ4v) is 2.42. The lowest BCUT2D eigenvalue weighted by Gasteiger charge is -2.03. The Hall–Kier alpha value is -2.99. The number of esters is 1. The maximum absolute atomic E-state index is 13.4. The van der Waals surface area contributed by atoms with Crippen LogP contribution in [0.2, 0.25) is 5.02 Å². The van der Waals surface area contributed by atoms with E-state index in [-0.39, 0.29) is 22.2 Å². The average molecular weight is 376 g/mol. The molecule has 26 heavy (non-hydrogen) atoms. The third kappa shape index (κ3) is 3.81. The van der Waals surface area contributed by atoms with Gasteiger partial charge < -0.3 is 9.47 Å². The Morgan fingerprint density at radius 2 is 1.88 bits per heavy atom. The van der Waals surface area contributed by atoms with Crippen LogP contribution in [-0.2, 0) is 9.53 Å². The van der Waals surface area contributed by atoms with E-state index in [0.717, 1.165) is 12.1 Å². The number of cyclic esters (lactones) is 1. The van der Waals surface area contributed by atoms with Gasteiger partial charge in [0.15, 0.2) is 17.3 Å². The number of hydrogen-bond donors (Lipinski definition) is 0. The van der Waals surface area contributed by atoms with Gasteiger partial charge in [0.25, 0.3) is 0 Å². The second-order valence-electron chi connectivity index (χ2n) is 5.25. The number of halogens is 3. The highest BCUT2D eigenvalue weighted by Crippen LogP contribution is 2.26. The van der Waals surface area contributed by atoms with Crippen molar-refractivity contribution >= 4 is 29.5 Å². The molecule has 0 bridgehead atoms.